The maximum Gasteiger partial charge on any atom is -0.00529 e. The fourth-order valence-electron chi connectivity index (χ4n) is 2.65. The van der Waals surface area contributed by atoms with Gasteiger partial charge >= 0.3 is 0 Å². The molecule has 15 heavy (non-hydrogen) atoms. The fraction of sp³-hybridized carbons (Fsp3) is 0.714. The zero-order valence-electron chi connectivity index (χ0n) is 10.2. The van der Waals surface area contributed by atoms with Gasteiger partial charge in [-0.15, -0.1) is 0 Å². The van der Waals surface area contributed by atoms with Crippen LogP contribution in [0.5, 0.6) is 0 Å². The van der Waals surface area contributed by atoms with Crippen LogP contribution in [-0.2, 0) is 5.41 Å². The van der Waals surface area contributed by atoms with Gasteiger partial charge in [0.05, 0.1) is 0 Å². The van der Waals surface area contributed by atoms with Crippen LogP contribution in [0.1, 0.15) is 69.9 Å². The first-order valence-electron chi connectivity index (χ1n) is 6.15. The lowest BCUT2D eigenvalue weighted by atomic mass is 9.78. The van der Waals surface area contributed by atoms with E-state index in [2.05, 4.69) is 31.5 Å². The third kappa shape index (κ3) is 2.44. The van der Waals surface area contributed by atoms with Crippen LogP contribution in [0.3, 0.4) is 0 Å². The molecule has 0 bridgehead atoms. The quantitative estimate of drug-likeness (QED) is 0.620. The lowest BCUT2D eigenvalue weighted by Crippen LogP contribution is -2.15. The minimum Gasteiger partial charge on any atom is -0.152 e. The Morgan fingerprint density at radius 3 is 2.33 bits per heavy atom. The summed E-state index contributed by atoms with van der Waals surface area (Å²) in [6.45, 7) is 7.00. The van der Waals surface area contributed by atoms with Crippen molar-refractivity contribution in [2.45, 2.75) is 64.2 Å². The Bertz CT molecular complexity index is 310. The summed E-state index contributed by atoms with van der Waals surface area (Å²) in [6.07, 6.45) is 7.15. The first-order valence-corrected chi connectivity index (χ1v) is 7.10. The van der Waals surface area contributed by atoms with Crippen molar-refractivity contribution < 1.29 is 0 Å². The minimum absolute atomic E-state index is 0.326. The van der Waals surface area contributed by atoms with E-state index in [0.717, 1.165) is 5.92 Å². The molecule has 1 aromatic rings. The van der Waals surface area contributed by atoms with Crippen molar-refractivity contribution in [3.8, 4) is 0 Å². The number of hydrogen-bond acceptors (Lipinski definition) is 1. The minimum atomic E-state index is 0.326. The van der Waals surface area contributed by atoms with Crippen LogP contribution in [0.15, 0.2) is 10.8 Å². The van der Waals surface area contributed by atoms with Gasteiger partial charge in [-0.05, 0) is 46.1 Å². The van der Waals surface area contributed by atoms with Crippen molar-refractivity contribution in [1.29, 1.82) is 0 Å². The molecular formula is C14H22S. The van der Waals surface area contributed by atoms with Crippen molar-refractivity contribution in [1.82, 2.24) is 0 Å². The molecular weight excluding hydrogens is 200 g/mol. The van der Waals surface area contributed by atoms with Crippen LogP contribution >= 0.6 is 11.3 Å². The second-order valence-corrected chi connectivity index (χ2v) is 6.57. The summed E-state index contributed by atoms with van der Waals surface area (Å²) in [4.78, 5) is 0. The van der Waals surface area contributed by atoms with Gasteiger partial charge < -0.3 is 0 Å². The molecule has 0 N–H and O–H groups in total. The second kappa shape index (κ2) is 4.29. The summed E-state index contributed by atoms with van der Waals surface area (Å²) in [5, 5.41) is 4.76. The molecule has 0 radical (unpaired) electrons. The number of hydrogen-bond donors (Lipinski definition) is 0. The van der Waals surface area contributed by atoms with Crippen LogP contribution in [0, 0.1) is 0 Å². The second-order valence-electron chi connectivity index (χ2n) is 5.83. The molecule has 1 heteroatoms. The van der Waals surface area contributed by atoms with Crippen LogP contribution in [0.2, 0.25) is 0 Å². The topological polar surface area (TPSA) is 0 Å². The Kier molecular flexibility index (Phi) is 3.20. The van der Waals surface area contributed by atoms with Gasteiger partial charge in [-0.25, -0.2) is 0 Å². The van der Waals surface area contributed by atoms with E-state index in [-0.39, 0.29) is 0 Å². The van der Waals surface area contributed by atoms with Gasteiger partial charge in [-0.1, -0.05) is 40.0 Å². The first-order chi connectivity index (χ1) is 7.09. The predicted octanol–water partition coefficient (Wildman–Crippen LogP) is 5.09. The molecule has 0 aliphatic heterocycles. The lowest BCUT2D eigenvalue weighted by Gasteiger charge is -2.27. The van der Waals surface area contributed by atoms with Crippen molar-refractivity contribution in [3.05, 3.63) is 21.9 Å². The maximum atomic E-state index is 2.40. The molecule has 0 amide bonds. The highest BCUT2D eigenvalue weighted by atomic mass is 32.1. The zero-order chi connectivity index (χ0) is 10.9. The molecule has 1 aliphatic carbocycles. The largest absolute Gasteiger partial charge is 0.152 e. The summed E-state index contributed by atoms with van der Waals surface area (Å²) in [5.41, 5.74) is 3.58. The summed E-state index contributed by atoms with van der Waals surface area (Å²) >= 11 is 1.89. The van der Waals surface area contributed by atoms with Gasteiger partial charge in [0.1, 0.15) is 0 Å². The van der Waals surface area contributed by atoms with Crippen LogP contribution in [-0.4, -0.2) is 0 Å². The Morgan fingerprint density at radius 1 is 1.07 bits per heavy atom. The molecule has 1 fully saturated rings. The Balaban J connectivity index is 2.24. The average molecular weight is 222 g/mol. The smallest absolute Gasteiger partial charge is 0.00529 e. The van der Waals surface area contributed by atoms with Gasteiger partial charge in [0.15, 0.2) is 0 Å². The lowest BCUT2D eigenvalue weighted by molar-refractivity contribution is 0.436. The molecule has 1 heterocycles. The fourth-order valence-corrected chi connectivity index (χ4v) is 3.81. The number of rotatable bonds is 1. The maximum absolute atomic E-state index is 2.40. The van der Waals surface area contributed by atoms with Gasteiger partial charge in [0, 0.05) is 0 Å². The van der Waals surface area contributed by atoms with Gasteiger partial charge in [-0.2, -0.15) is 11.3 Å². The van der Waals surface area contributed by atoms with E-state index >= 15 is 0 Å². The molecule has 0 nitrogen and oxygen atoms in total. The van der Waals surface area contributed by atoms with Crippen LogP contribution in [0.25, 0.3) is 0 Å². The Labute approximate surface area is 97.7 Å². The highest BCUT2D eigenvalue weighted by molar-refractivity contribution is 7.08. The monoisotopic (exact) mass is 222 g/mol. The third-order valence-corrected chi connectivity index (χ3v) is 4.31. The van der Waals surface area contributed by atoms with Crippen LogP contribution in [0.4, 0.5) is 0 Å². The summed E-state index contributed by atoms with van der Waals surface area (Å²) in [6, 6.07) is 0. The number of thiophene rings is 1. The van der Waals surface area contributed by atoms with E-state index in [1.807, 2.05) is 11.3 Å². The Hall–Kier alpha value is -0.300. The molecule has 0 aromatic carbocycles. The molecule has 0 spiro atoms. The van der Waals surface area contributed by atoms with E-state index in [1.54, 1.807) is 11.1 Å². The molecule has 2 rings (SSSR count). The van der Waals surface area contributed by atoms with E-state index in [9.17, 15) is 0 Å². The van der Waals surface area contributed by atoms with E-state index in [1.165, 1.54) is 32.1 Å². The van der Waals surface area contributed by atoms with E-state index in [0.29, 0.717) is 5.41 Å². The van der Waals surface area contributed by atoms with Crippen molar-refractivity contribution in [2.24, 2.45) is 0 Å². The molecule has 1 aromatic heterocycles. The normalized spacial score (nSPS) is 19.4. The standard InChI is InChI=1S/C14H22S/c1-14(2,3)13-10-15-9-12(13)11-7-5-4-6-8-11/h9-11H,4-8H2,1-3H3. The zero-order valence-corrected chi connectivity index (χ0v) is 11.0. The molecule has 84 valence electrons. The van der Waals surface area contributed by atoms with E-state index < -0.39 is 0 Å². The van der Waals surface area contributed by atoms with Gasteiger partial charge in [0.25, 0.3) is 0 Å². The molecule has 1 aliphatic rings. The Morgan fingerprint density at radius 2 is 1.73 bits per heavy atom. The average Bonchev–Trinajstić information content (AvgIpc) is 2.67. The SMILES string of the molecule is CC(C)(C)c1cscc1C1CCCCC1. The van der Waals surface area contributed by atoms with Crippen molar-refractivity contribution in [2.75, 3.05) is 0 Å². The van der Waals surface area contributed by atoms with Crippen LogP contribution < -0.4 is 0 Å². The third-order valence-electron chi connectivity index (χ3n) is 3.54. The van der Waals surface area contributed by atoms with Crippen molar-refractivity contribution in [3.63, 3.8) is 0 Å². The summed E-state index contributed by atoms with van der Waals surface area (Å²) < 4.78 is 0. The summed E-state index contributed by atoms with van der Waals surface area (Å²) in [7, 11) is 0. The van der Waals surface area contributed by atoms with Gasteiger partial charge in [-0.3, -0.25) is 0 Å². The molecule has 0 unspecified atom stereocenters. The first kappa shape index (κ1) is 11.2. The predicted molar refractivity (Wildman–Crippen MR) is 68.8 cm³/mol. The van der Waals surface area contributed by atoms with Gasteiger partial charge in [0.2, 0.25) is 0 Å². The molecule has 0 atom stereocenters. The van der Waals surface area contributed by atoms with E-state index in [4.69, 9.17) is 0 Å². The summed E-state index contributed by atoms with van der Waals surface area (Å²) in [5.74, 6) is 0.860. The highest BCUT2D eigenvalue weighted by Crippen LogP contribution is 2.40. The highest BCUT2D eigenvalue weighted by Gasteiger charge is 2.24. The van der Waals surface area contributed by atoms with Crippen molar-refractivity contribution >= 4 is 11.3 Å². The molecule has 0 saturated heterocycles. The molecule has 1 saturated carbocycles.